The van der Waals surface area contributed by atoms with Crippen LogP contribution in [0.1, 0.15) is 5.56 Å². The van der Waals surface area contributed by atoms with Crippen molar-refractivity contribution in [2.24, 2.45) is 0 Å². The van der Waals surface area contributed by atoms with E-state index in [1.165, 1.54) is 0 Å². The van der Waals surface area contributed by atoms with Gasteiger partial charge in [-0.05, 0) is 6.07 Å². The van der Waals surface area contributed by atoms with Crippen LogP contribution in [0.3, 0.4) is 0 Å². The molecular weight excluding hydrogens is 228 g/mol. The molecule has 0 saturated carbocycles. The van der Waals surface area contributed by atoms with Gasteiger partial charge in [-0.2, -0.15) is 0 Å². The number of aliphatic hydroxyl groups is 1. The molecule has 0 amide bonds. The monoisotopic (exact) mass is 237 g/mol. The second kappa shape index (κ2) is 4.88. The van der Waals surface area contributed by atoms with Gasteiger partial charge in [0, 0.05) is 11.6 Å². The summed E-state index contributed by atoms with van der Waals surface area (Å²) < 4.78 is 31.1. The molecule has 1 N–H and O–H groups in total. The van der Waals surface area contributed by atoms with Crippen LogP contribution >= 0.6 is 0 Å². The van der Waals surface area contributed by atoms with Crippen molar-refractivity contribution in [3.05, 3.63) is 53.7 Å². The normalized spacial score (nSPS) is 10.3. The van der Waals surface area contributed by atoms with Gasteiger partial charge >= 0.3 is 0 Å². The molecule has 0 unspecified atom stereocenters. The summed E-state index contributed by atoms with van der Waals surface area (Å²) in [7, 11) is 0. The van der Waals surface area contributed by atoms with Crippen LogP contribution in [0, 0.1) is 11.6 Å². The Morgan fingerprint density at radius 2 is 2.00 bits per heavy atom. The molecule has 0 aliphatic rings. The highest BCUT2D eigenvalue weighted by Crippen LogP contribution is 2.25. The molecule has 0 saturated heterocycles. The van der Waals surface area contributed by atoms with Crippen LogP contribution in [-0.4, -0.2) is 10.1 Å². The number of rotatable bonds is 3. The Hall–Kier alpha value is -2.01. The molecule has 0 spiro atoms. The topological polar surface area (TPSA) is 42.4 Å². The third kappa shape index (κ3) is 2.57. The van der Waals surface area contributed by atoms with Crippen LogP contribution in [0.15, 0.2) is 36.5 Å². The maximum Gasteiger partial charge on any atom is 0.256 e. The minimum atomic E-state index is -0.891. The highest BCUT2D eigenvalue weighted by Gasteiger charge is 2.10. The number of para-hydroxylation sites is 1. The molecule has 1 aromatic heterocycles. The maximum absolute atomic E-state index is 13.3. The Balaban J connectivity index is 2.31. The summed E-state index contributed by atoms with van der Waals surface area (Å²) in [5, 5.41) is 9.06. The van der Waals surface area contributed by atoms with Gasteiger partial charge in [-0.3, -0.25) is 0 Å². The number of hydrogen-bond donors (Lipinski definition) is 1. The molecule has 0 atom stereocenters. The highest BCUT2D eigenvalue weighted by molar-refractivity contribution is 5.35. The zero-order chi connectivity index (χ0) is 12.3. The van der Waals surface area contributed by atoms with E-state index in [0.717, 1.165) is 6.20 Å². The first-order valence-electron chi connectivity index (χ1n) is 4.88. The molecule has 17 heavy (non-hydrogen) atoms. The van der Waals surface area contributed by atoms with Crippen molar-refractivity contribution in [1.29, 1.82) is 0 Å². The van der Waals surface area contributed by atoms with Crippen molar-refractivity contribution in [3.8, 4) is 11.6 Å². The maximum atomic E-state index is 13.3. The standard InChI is InChI=1S/C12H9F2NO2/c13-9-5-10(14)12(15-6-9)17-11-4-2-1-3-8(11)7-16/h1-6,16H,7H2. The molecule has 2 aromatic rings. The summed E-state index contributed by atoms with van der Waals surface area (Å²) in [4.78, 5) is 3.49. The van der Waals surface area contributed by atoms with Crippen molar-refractivity contribution in [2.75, 3.05) is 0 Å². The first kappa shape index (κ1) is 11.5. The molecule has 5 heteroatoms. The van der Waals surface area contributed by atoms with Gasteiger partial charge in [0.05, 0.1) is 12.8 Å². The third-order valence-electron chi connectivity index (χ3n) is 2.12. The summed E-state index contributed by atoms with van der Waals surface area (Å²) in [5.74, 6) is -1.71. The van der Waals surface area contributed by atoms with Gasteiger partial charge in [0.15, 0.2) is 5.82 Å². The van der Waals surface area contributed by atoms with Gasteiger partial charge in [0.25, 0.3) is 5.88 Å². The molecule has 0 aliphatic heterocycles. The molecule has 1 heterocycles. The van der Waals surface area contributed by atoms with Gasteiger partial charge in [-0.1, -0.05) is 18.2 Å². The Labute approximate surface area is 96.3 Å². The smallest absolute Gasteiger partial charge is 0.256 e. The Bertz CT molecular complexity index is 532. The number of ether oxygens (including phenoxy) is 1. The zero-order valence-electron chi connectivity index (χ0n) is 8.73. The van der Waals surface area contributed by atoms with E-state index < -0.39 is 11.6 Å². The average molecular weight is 237 g/mol. The minimum Gasteiger partial charge on any atom is -0.436 e. The van der Waals surface area contributed by atoms with Crippen molar-refractivity contribution in [1.82, 2.24) is 4.98 Å². The minimum absolute atomic E-state index is 0.237. The van der Waals surface area contributed by atoms with Gasteiger partial charge in [-0.15, -0.1) is 0 Å². The van der Waals surface area contributed by atoms with E-state index in [-0.39, 0.29) is 18.2 Å². The fraction of sp³-hybridized carbons (Fsp3) is 0.0833. The summed E-state index contributed by atoms with van der Waals surface area (Å²) in [6.07, 6.45) is 0.861. The lowest BCUT2D eigenvalue weighted by Gasteiger charge is -2.08. The first-order valence-corrected chi connectivity index (χ1v) is 4.88. The summed E-state index contributed by atoms with van der Waals surface area (Å²) in [6.45, 7) is -0.237. The number of hydrogen-bond acceptors (Lipinski definition) is 3. The average Bonchev–Trinajstić information content (AvgIpc) is 2.33. The van der Waals surface area contributed by atoms with Crippen LogP contribution in [0.4, 0.5) is 8.78 Å². The van der Waals surface area contributed by atoms with Crippen LogP contribution < -0.4 is 4.74 Å². The van der Waals surface area contributed by atoms with E-state index in [4.69, 9.17) is 9.84 Å². The van der Waals surface area contributed by atoms with Gasteiger partial charge < -0.3 is 9.84 Å². The molecule has 3 nitrogen and oxygen atoms in total. The number of pyridine rings is 1. The number of aromatic nitrogens is 1. The lowest BCUT2D eigenvalue weighted by atomic mass is 10.2. The second-order valence-electron chi connectivity index (χ2n) is 3.31. The number of benzene rings is 1. The van der Waals surface area contributed by atoms with Crippen molar-refractivity contribution in [2.45, 2.75) is 6.61 Å². The molecule has 0 fully saturated rings. The highest BCUT2D eigenvalue weighted by atomic mass is 19.1. The largest absolute Gasteiger partial charge is 0.436 e. The van der Waals surface area contributed by atoms with Crippen molar-refractivity contribution < 1.29 is 18.6 Å². The number of nitrogens with zero attached hydrogens (tertiary/aromatic N) is 1. The van der Waals surface area contributed by atoms with E-state index in [1.807, 2.05) is 0 Å². The number of aliphatic hydroxyl groups excluding tert-OH is 1. The zero-order valence-corrected chi connectivity index (χ0v) is 8.73. The van der Waals surface area contributed by atoms with Crippen LogP contribution in [0.2, 0.25) is 0 Å². The van der Waals surface area contributed by atoms with E-state index in [2.05, 4.69) is 4.98 Å². The lowest BCUT2D eigenvalue weighted by molar-refractivity contribution is 0.275. The van der Waals surface area contributed by atoms with Gasteiger partial charge in [0.1, 0.15) is 11.6 Å². The summed E-state index contributed by atoms with van der Waals surface area (Å²) in [5.41, 5.74) is 0.498. The fourth-order valence-corrected chi connectivity index (χ4v) is 1.32. The van der Waals surface area contributed by atoms with Crippen molar-refractivity contribution >= 4 is 0 Å². The first-order chi connectivity index (χ1) is 8.20. The quantitative estimate of drug-likeness (QED) is 0.892. The predicted molar refractivity (Wildman–Crippen MR) is 56.6 cm³/mol. The fourth-order valence-electron chi connectivity index (χ4n) is 1.32. The third-order valence-corrected chi connectivity index (χ3v) is 2.12. The van der Waals surface area contributed by atoms with E-state index >= 15 is 0 Å². The summed E-state index contributed by atoms with van der Waals surface area (Å²) >= 11 is 0. The Morgan fingerprint density at radius 3 is 2.71 bits per heavy atom. The van der Waals surface area contributed by atoms with Crippen LogP contribution in [0.25, 0.3) is 0 Å². The van der Waals surface area contributed by atoms with E-state index in [1.54, 1.807) is 24.3 Å². The lowest BCUT2D eigenvalue weighted by Crippen LogP contribution is -1.96. The van der Waals surface area contributed by atoms with Crippen LogP contribution in [-0.2, 0) is 6.61 Å². The van der Waals surface area contributed by atoms with Gasteiger partial charge in [-0.25, -0.2) is 13.8 Å². The van der Waals surface area contributed by atoms with E-state index in [9.17, 15) is 8.78 Å². The number of halogens is 2. The molecule has 0 radical (unpaired) electrons. The predicted octanol–water partition coefficient (Wildman–Crippen LogP) is 2.64. The summed E-state index contributed by atoms with van der Waals surface area (Å²) in [6, 6.07) is 7.28. The molecule has 88 valence electrons. The molecule has 1 aromatic carbocycles. The SMILES string of the molecule is OCc1ccccc1Oc1ncc(F)cc1F. The molecule has 0 bridgehead atoms. The molecular formula is C12H9F2NO2. The molecule has 0 aliphatic carbocycles. The van der Waals surface area contributed by atoms with Crippen molar-refractivity contribution in [3.63, 3.8) is 0 Å². The molecule has 2 rings (SSSR count). The van der Waals surface area contributed by atoms with E-state index in [0.29, 0.717) is 11.6 Å². The second-order valence-corrected chi connectivity index (χ2v) is 3.31. The van der Waals surface area contributed by atoms with Crippen LogP contribution in [0.5, 0.6) is 11.6 Å². The Morgan fingerprint density at radius 1 is 1.24 bits per heavy atom. The van der Waals surface area contributed by atoms with Gasteiger partial charge in [0.2, 0.25) is 0 Å². The Kier molecular flexibility index (Phi) is 3.30.